The third-order valence-corrected chi connectivity index (χ3v) is 3.61. The molecular weight excluding hydrogens is 571 g/mol. The average Bonchev–Trinajstić information content (AvgIpc) is 2.45. The van der Waals surface area contributed by atoms with Crippen molar-refractivity contribution < 1.29 is 101 Å². The van der Waals surface area contributed by atoms with Gasteiger partial charge in [0.2, 0.25) is 0 Å². The lowest BCUT2D eigenvalue weighted by Gasteiger charge is -2.49. The first kappa shape index (κ1) is 32.4. The lowest BCUT2D eigenvalue weighted by atomic mass is 9.80. The molecule has 0 spiro atoms. The zero-order valence-corrected chi connectivity index (χ0v) is 14.1. The van der Waals surface area contributed by atoms with E-state index in [-0.39, 0.29) is 0 Å². The van der Waals surface area contributed by atoms with Crippen LogP contribution in [0.1, 0.15) is 0 Å². The van der Waals surface area contributed by atoms with Gasteiger partial charge in [0.1, 0.15) is 0 Å². The summed E-state index contributed by atoms with van der Waals surface area (Å²) in [5.41, 5.74) is -19.0. The molecule has 0 rings (SSSR count). The number of halogens is 23. The van der Waals surface area contributed by atoms with Gasteiger partial charge in [-0.15, -0.1) is 0 Å². The van der Waals surface area contributed by atoms with Gasteiger partial charge in [-0.05, 0) is 0 Å². The van der Waals surface area contributed by atoms with Crippen LogP contribution in [0.5, 0.6) is 0 Å². The minimum Gasteiger partial charge on any atom is -0.218 e. The van der Waals surface area contributed by atoms with Crippen molar-refractivity contribution >= 4 is 0 Å². The Labute approximate surface area is 168 Å². The molecule has 0 bridgehead atoms. The monoisotopic (exact) mass is 571 g/mol. The number of alkyl halides is 23. The van der Waals surface area contributed by atoms with Gasteiger partial charge in [-0.3, -0.25) is 0 Å². The van der Waals surface area contributed by atoms with E-state index in [4.69, 9.17) is 0 Å². The van der Waals surface area contributed by atoms with Crippen molar-refractivity contribution in [1.82, 2.24) is 4.90 Å². The molecule has 0 radical (unpaired) electrons. The summed E-state index contributed by atoms with van der Waals surface area (Å²) in [4.78, 5) is -5.37. The Kier molecular flexibility index (Phi) is 7.30. The van der Waals surface area contributed by atoms with Gasteiger partial charge in [-0.2, -0.15) is 92.2 Å². The van der Waals surface area contributed by atoms with Crippen LogP contribution < -0.4 is 0 Å². The molecule has 0 saturated heterocycles. The van der Waals surface area contributed by atoms with Crippen molar-refractivity contribution in [3.63, 3.8) is 0 Å². The van der Waals surface area contributed by atoms with E-state index in [9.17, 15) is 101 Å². The minimum absolute atomic E-state index is 5.37. The first-order valence-electron chi connectivity index (χ1n) is 6.77. The molecule has 0 heterocycles. The maximum absolute atomic E-state index is 14.0. The Morgan fingerprint density at radius 2 is 0.559 bits per heavy atom. The molecule has 0 aliphatic heterocycles. The Morgan fingerprint density at radius 1 is 0.294 bits per heavy atom. The van der Waals surface area contributed by atoms with E-state index < -0.39 is 65.3 Å². The standard InChI is InChI=1S/C10F23N/c11-1(4(15,16)17,5(18,19)20)3(13,14)2(12,6(21,22)23)8(27,28)34(10(31,32)33)9(29,30)7(24,25)26. The van der Waals surface area contributed by atoms with Crippen LogP contribution in [-0.2, 0) is 0 Å². The van der Waals surface area contributed by atoms with Gasteiger partial charge in [-0.25, -0.2) is 8.78 Å². The Bertz CT molecular complexity index is 713. The van der Waals surface area contributed by atoms with E-state index in [0.29, 0.717) is 0 Å². The number of hydrogen-bond donors (Lipinski definition) is 0. The summed E-state index contributed by atoms with van der Waals surface area (Å²) in [6.45, 7) is 0. The van der Waals surface area contributed by atoms with Gasteiger partial charge in [-0.1, -0.05) is 4.90 Å². The molecule has 1 nitrogen and oxygen atoms in total. The van der Waals surface area contributed by atoms with Crippen molar-refractivity contribution in [2.75, 3.05) is 0 Å². The van der Waals surface area contributed by atoms with Crippen molar-refractivity contribution in [2.45, 2.75) is 60.4 Å². The molecule has 0 fully saturated rings. The van der Waals surface area contributed by atoms with E-state index in [0.717, 1.165) is 0 Å². The molecule has 0 aromatic rings. The maximum Gasteiger partial charge on any atom is 0.469 e. The highest BCUT2D eigenvalue weighted by Crippen LogP contribution is 2.67. The lowest BCUT2D eigenvalue weighted by Crippen LogP contribution is -2.83. The van der Waals surface area contributed by atoms with Crippen LogP contribution in [0.2, 0.25) is 0 Å². The largest absolute Gasteiger partial charge is 0.469 e. The average molecular weight is 571 g/mol. The van der Waals surface area contributed by atoms with E-state index in [1.54, 1.807) is 0 Å². The van der Waals surface area contributed by atoms with Gasteiger partial charge >= 0.3 is 60.4 Å². The third kappa shape index (κ3) is 4.15. The molecule has 0 amide bonds. The second kappa shape index (κ2) is 7.67. The number of rotatable bonds is 5. The summed E-state index contributed by atoms with van der Waals surface area (Å²) in [5.74, 6) is -9.66. The second-order valence-corrected chi connectivity index (χ2v) is 5.77. The fourth-order valence-electron chi connectivity index (χ4n) is 2.07. The molecule has 1 unspecified atom stereocenters. The van der Waals surface area contributed by atoms with Gasteiger partial charge < -0.3 is 0 Å². The predicted octanol–water partition coefficient (Wildman–Crippen LogP) is 7.29. The van der Waals surface area contributed by atoms with Crippen LogP contribution in [0.3, 0.4) is 0 Å². The van der Waals surface area contributed by atoms with Crippen LogP contribution in [0.15, 0.2) is 0 Å². The van der Waals surface area contributed by atoms with Crippen LogP contribution in [0, 0.1) is 0 Å². The van der Waals surface area contributed by atoms with Gasteiger partial charge in [0.15, 0.2) is 0 Å². The first-order valence-corrected chi connectivity index (χ1v) is 6.77. The van der Waals surface area contributed by atoms with E-state index in [1.165, 1.54) is 0 Å². The summed E-state index contributed by atoms with van der Waals surface area (Å²) in [7, 11) is 0. The summed E-state index contributed by atoms with van der Waals surface area (Å²) in [6, 6.07) is -18.1. The SMILES string of the molecule is FC(F)(F)N(C(F)(F)C(F)(F)F)C(F)(F)C(F)(C(F)(F)F)C(F)(F)C(F)(C(F)(F)F)C(F)(F)F. The molecule has 0 aromatic heterocycles. The highest BCUT2D eigenvalue weighted by atomic mass is 19.5. The normalized spacial score (nSPS) is 18.4. The summed E-state index contributed by atoms with van der Waals surface area (Å²) in [5, 5.41) is 0. The van der Waals surface area contributed by atoms with E-state index >= 15 is 0 Å². The zero-order valence-electron chi connectivity index (χ0n) is 14.1. The van der Waals surface area contributed by atoms with Crippen molar-refractivity contribution in [3.8, 4) is 0 Å². The molecule has 206 valence electrons. The Hall–Kier alpha value is -1.65. The van der Waals surface area contributed by atoms with Crippen LogP contribution in [-0.4, -0.2) is 65.3 Å². The molecule has 0 saturated carbocycles. The summed E-state index contributed by atoms with van der Waals surface area (Å²) in [6.07, 6.45) is -43.1. The molecular formula is C10F23N. The fourth-order valence-corrected chi connectivity index (χ4v) is 2.07. The molecule has 24 heteroatoms. The lowest BCUT2D eigenvalue weighted by molar-refractivity contribution is -0.519. The first-order chi connectivity index (χ1) is 14.1. The molecule has 1 atom stereocenters. The predicted molar refractivity (Wildman–Crippen MR) is 54.6 cm³/mol. The number of nitrogens with zero attached hydrogens (tertiary/aromatic N) is 1. The highest BCUT2D eigenvalue weighted by Gasteiger charge is 3.00. The van der Waals surface area contributed by atoms with Gasteiger partial charge in [0.05, 0.1) is 0 Å². The molecule has 0 aliphatic rings. The molecule has 0 aliphatic carbocycles. The third-order valence-electron chi connectivity index (χ3n) is 3.61. The van der Waals surface area contributed by atoms with Crippen LogP contribution >= 0.6 is 0 Å². The second-order valence-electron chi connectivity index (χ2n) is 5.77. The highest BCUT2D eigenvalue weighted by molar-refractivity contribution is 5.21. The molecule has 0 aromatic carbocycles. The van der Waals surface area contributed by atoms with Crippen molar-refractivity contribution in [3.05, 3.63) is 0 Å². The zero-order chi connectivity index (χ0) is 28.6. The van der Waals surface area contributed by atoms with Gasteiger partial charge in [0.25, 0.3) is 0 Å². The molecule has 34 heavy (non-hydrogen) atoms. The van der Waals surface area contributed by atoms with E-state index in [1.807, 2.05) is 0 Å². The van der Waals surface area contributed by atoms with Gasteiger partial charge in [0, 0.05) is 0 Å². The smallest absolute Gasteiger partial charge is 0.218 e. The Balaban J connectivity index is 7.95. The van der Waals surface area contributed by atoms with Crippen molar-refractivity contribution in [1.29, 1.82) is 0 Å². The van der Waals surface area contributed by atoms with Crippen LogP contribution in [0.25, 0.3) is 0 Å². The Morgan fingerprint density at radius 3 is 0.735 bits per heavy atom. The summed E-state index contributed by atoms with van der Waals surface area (Å²) >= 11 is 0. The summed E-state index contributed by atoms with van der Waals surface area (Å²) < 4.78 is 294. The quantitative estimate of drug-likeness (QED) is 0.248. The van der Waals surface area contributed by atoms with E-state index in [2.05, 4.69) is 0 Å². The maximum atomic E-state index is 14.0. The van der Waals surface area contributed by atoms with Crippen LogP contribution in [0.4, 0.5) is 101 Å². The fraction of sp³-hybridized carbons (Fsp3) is 1.00. The topological polar surface area (TPSA) is 3.24 Å². The molecule has 0 N–H and O–H groups in total. The minimum atomic E-state index is -9.73. The number of hydrogen-bond acceptors (Lipinski definition) is 1. The van der Waals surface area contributed by atoms with Crippen molar-refractivity contribution in [2.24, 2.45) is 0 Å².